The Morgan fingerprint density at radius 3 is 2.83 bits per heavy atom. The average molecular weight is 328 g/mol. The standard InChI is InChI=1S/C17H20N4O3/c1-11(22)15(21-9-14(17(18)24)19-10-21)5-7-20-6-4-12-2-3-13(23)8-16(12)20/h2-4,6,8-11,15,22-23H,5,7H2,1H3,(H2,18,24)/t11-,15+/m0/s1. The third-order valence-electron chi connectivity index (χ3n) is 4.22. The first-order valence-electron chi connectivity index (χ1n) is 7.75. The maximum atomic E-state index is 11.2. The lowest BCUT2D eigenvalue weighted by Gasteiger charge is -2.22. The number of rotatable bonds is 6. The van der Waals surface area contributed by atoms with Gasteiger partial charge in [0.2, 0.25) is 0 Å². The molecule has 0 aliphatic carbocycles. The highest BCUT2D eigenvalue weighted by Gasteiger charge is 2.19. The lowest BCUT2D eigenvalue weighted by atomic mass is 10.1. The Balaban J connectivity index is 1.80. The van der Waals surface area contributed by atoms with Crippen LogP contribution in [0.25, 0.3) is 10.9 Å². The van der Waals surface area contributed by atoms with E-state index in [2.05, 4.69) is 4.98 Å². The summed E-state index contributed by atoms with van der Waals surface area (Å²) in [5.41, 5.74) is 6.34. The van der Waals surface area contributed by atoms with Gasteiger partial charge in [-0.3, -0.25) is 4.79 Å². The van der Waals surface area contributed by atoms with Gasteiger partial charge in [0, 0.05) is 25.0 Å². The van der Waals surface area contributed by atoms with Crippen LogP contribution in [0, 0.1) is 0 Å². The second kappa shape index (κ2) is 6.37. The van der Waals surface area contributed by atoms with Crippen LogP contribution >= 0.6 is 0 Å². The highest BCUT2D eigenvalue weighted by Crippen LogP contribution is 2.24. The smallest absolute Gasteiger partial charge is 0.268 e. The monoisotopic (exact) mass is 328 g/mol. The number of hydrogen-bond donors (Lipinski definition) is 3. The molecule has 24 heavy (non-hydrogen) atoms. The Morgan fingerprint density at radius 2 is 2.17 bits per heavy atom. The summed E-state index contributed by atoms with van der Waals surface area (Å²) in [6.07, 6.45) is 5.03. The van der Waals surface area contributed by atoms with Gasteiger partial charge in [-0.05, 0) is 36.9 Å². The van der Waals surface area contributed by atoms with Crippen molar-refractivity contribution in [3.8, 4) is 5.75 Å². The number of aryl methyl sites for hydroxylation is 1. The summed E-state index contributed by atoms with van der Waals surface area (Å²) in [4.78, 5) is 15.1. The minimum atomic E-state index is -0.616. The third-order valence-corrected chi connectivity index (χ3v) is 4.22. The molecule has 1 amide bonds. The van der Waals surface area contributed by atoms with Gasteiger partial charge in [-0.25, -0.2) is 4.98 Å². The lowest BCUT2D eigenvalue weighted by molar-refractivity contribution is 0.0994. The molecule has 3 aromatic rings. The minimum Gasteiger partial charge on any atom is -0.508 e. The number of aromatic nitrogens is 3. The van der Waals surface area contributed by atoms with E-state index in [9.17, 15) is 15.0 Å². The normalized spacial score (nSPS) is 13.9. The Labute approximate surface area is 139 Å². The first kappa shape index (κ1) is 16.1. The minimum absolute atomic E-state index is 0.178. The number of amides is 1. The summed E-state index contributed by atoms with van der Waals surface area (Å²) in [5.74, 6) is -0.375. The van der Waals surface area contributed by atoms with Crippen molar-refractivity contribution < 1.29 is 15.0 Å². The molecule has 0 spiro atoms. The van der Waals surface area contributed by atoms with Crippen LogP contribution in [0.3, 0.4) is 0 Å². The van der Waals surface area contributed by atoms with Crippen LogP contribution in [0.5, 0.6) is 5.75 Å². The molecule has 0 radical (unpaired) electrons. The van der Waals surface area contributed by atoms with Gasteiger partial charge in [-0.1, -0.05) is 0 Å². The summed E-state index contributed by atoms with van der Waals surface area (Å²) in [6.45, 7) is 2.35. The second-order valence-corrected chi connectivity index (χ2v) is 5.92. The zero-order valence-corrected chi connectivity index (χ0v) is 13.3. The lowest BCUT2D eigenvalue weighted by Crippen LogP contribution is -2.22. The molecule has 0 saturated carbocycles. The maximum Gasteiger partial charge on any atom is 0.268 e. The molecular formula is C17H20N4O3. The first-order valence-corrected chi connectivity index (χ1v) is 7.75. The van der Waals surface area contributed by atoms with Crippen LogP contribution in [-0.4, -0.2) is 36.3 Å². The zero-order valence-electron chi connectivity index (χ0n) is 13.3. The van der Waals surface area contributed by atoms with E-state index >= 15 is 0 Å². The molecule has 2 aromatic heterocycles. The van der Waals surface area contributed by atoms with Gasteiger partial charge in [-0.2, -0.15) is 0 Å². The fourth-order valence-electron chi connectivity index (χ4n) is 2.92. The molecule has 0 bridgehead atoms. The van der Waals surface area contributed by atoms with Crippen LogP contribution in [0.15, 0.2) is 43.0 Å². The van der Waals surface area contributed by atoms with E-state index in [-0.39, 0.29) is 17.5 Å². The van der Waals surface area contributed by atoms with Crippen molar-refractivity contribution in [2.45, 2.75) is 32.0 Å². The van der Waals surface area contributed by atoms with E-state index < -0.39 is 12.0 Å². The molecule has 7 heteroatoms. The highest BCUT2D eigenvalue weighted by atomic mass is 16.3. The van der Waals surface area contributed by atoms with E-state index in [4.69, 9.17) is 5.73 Å². The van der Waals surface area contributed by atoms with E-state index in [1.54, 1.807) is 29.8 Å². The molecular weight excluding hydrogens is 308 g/mol. The van der Waals surface area contributed by atoms with Gasteiger partial charge >= 0.3 is 0 Å². The number of hydrogen-bond acceptors (Lipinski definition) is 4. The molecule has 2 heterocycles. The summed E-state index contributed by atoms with van der Waals surface area (Å²) in [7, 11) is 0. The fraction of sp³-hybridized carbons (Fsp3) is 0.294. The number of primary amides is 1. The number of carbonyl (C=O) groups is 1. The van der Waals surface area contributed by atoms with Crippen LogP contribution < -0.4 is 5.73 Å². The number of aliphatic hydroxyl groups excluding tert-OH is 1. The number of phenolic OH excluding ortho intramolecular Hbond substituents is 1. The number of nitrogens with two attached hydrogens (primary N) is 1. The fourth-order valence-corrected chi connectivity index (χ4v) is 2.92. The predicted molar refractivity (Wildman–Crippen MR) is 89.7 cm³/mol. The van der Waals surface area contributed by atoms with Crippen LogP contribution in [0.2, 0.25) is 0 Å². The number of benzene rings is 1. The molecule has 2 atom stereocenters. The van der Waals surface area contributed by atoms with Gasteiger partial charge < -0.3 is 25.1 Å². The number of nitrogens with zero attached hydrogens (tertiary/aromatic N) is 3. The molecule has 4 N–H and O–H groups in total. The van der Waals surface area contributed by atoms with Gasteiger partial charge in [0.15, 0.2) is 0 Å². The van der Waals surface area contributed by atoms with Crippen LogP contribution in [-0.2, 0) is 6.54 Å². The van der Waals surface area contributed by atoms with Crippen molar-refractivity contribution in [3.05, 3.63) is 48.7 Å². The zero-order chi connectivity index (χ0) is 17.3. The predicted octanol–water partition coefficient (Wildman–Crippen LogP) is 1.65. The van der Waals surface area contributed by atoms with Gasteiger partial charge in [0.25, 0.3) is 5.91 Å². The molecule has 0 fully saturated rings. The Morgan fingerprint density at radius 1 is 1.38 bits per heavy atom. The van der Waals surface area contributed by atoms with Crippen molar-refractivity contribution in [1.29, 1.82) is 0 Å². The number of phenols is 1. The summed E-state index contributed by atoms with van der Waals surface area (Å²) >= 11 is 0. The average Bonchev–Trinajstić information content (AvgIpc) is 3.15. The second-order valence-electron chi connectivity index (χ2n) is 5.92. The van der Waals surface area contributed by atoms with E-state index in [1.807, 2.05) is 22.9 Å². The van der Waals surface area contributed by atoms with Crippen LogP contribution in [0.4, 0.5) is 0 Å². The summed E-state index contributed by atoms with van der Waals surface area (Å²) in [6, 6.07) is 6.98. The van der Waals surface area contributed by atoms with Crippen LogP contribution in [0.1, 0.15) is 29.9 Å². The summed E-state index contributed by atoms with van der Waals surface area (Å²) < 4.78 is 3.74. The number of imidazole rings is 1. The largest absolute Gasteiger partial charge is 0.508 e. The van der Waals surface area contributed by atoms with Crippen molar-refractivity contribution in [2.24, 2.45) is 5.73 Å². The molecule has 1 aromatic carbocycles. The SMILES string of the molecule is C[C@H](O)[C@@H](CCn1ccc2ccc(O)cc21)n1cnc(C(N)=O)c1. The highest BCUT2D eigenvalue weighted by molar-refractivity contribution is 5.90. The summed E-state index contributed by atoms with van der Waals surface area (Å²) in [5, 5.41) is 20.8. The van der Waals surface area contributed by atoms with E-state index in [1.165, 1.54) is 6.33 Å². The topological polar surface area (TPSA) is 106 Å². The molecule has 0 saturated heterocycles. The van der Waals surface area contributed by atoms with Gasteiger partial charge in [0.1, 0.15) is 11.4 Å². The van der Waals surface area contributed by atoms with Crippen molar-refractivity contribution in [3.63, 3.8) is 0 Å². The maximum absolute atomic E-state index is 11.2. The molecule has 126 valence electrons. The number of carbonyl (C=O) groups excluding carboxylic acids is 1. The van der Waals surface area contributed by atoms with Gasteiger partial charge in [-0.15, -0.1) is 0 Å². The molecule has 3 rings (SSSR count). The van der Waals surface area contributed by atoms with Crippen molar-refractivity contribution in [1.82, 2.24) is 14.1 Å². The molecule has 0 aliphatic rings. The quantitative estimate of drug-likeness (QED) is 0.639. The van der Waals surface area contributed by atoms with E-state index in [0.717, 1.165) is 10.9 Å². The van der Waals surface area contributed by atoms with Crippen molar-refractivity contribution >= 4 is 16.8 Å². The first-order chi connectivity index (χ1) is 11.5. The number of aliphatic hydroxyl groups is 1. The van der Waals surface area contributed by atoms with Gasteiger partial charge in [0.05, 0.1) is 24.0 Å². The Hall–Kier alpha value is -2.80. The van der Waals surface area contributed by atoms with Crippen molar-refractivity contribution in [2.75, 3.05) is 0 Å². The Kier molecular flexibility index (Phi) is 4.26. The number of fused-ring (bicyclic) bond motifs is 1. The molecule has 0 aliphatic heterocycles. The number of aromatic hydroxyl groups is 1. The molecule has 0 unspecified atom stereocenters. The Bertz CT molecular complexity index is 866. The third kappa shape index (κ3) is 3.11. The van der Waals surface area contributed by atoms with E-state index in [0.29, 0.717) is 13.0 Å². The molecule has 7 nitrogen and oxygen atoms in total.